The predicted molar refractivity (Wildman–Crippen MR) is 61.3 cm³/mol. The van der Waals surface area contributed by atoms with Gasteiger partial charge in [-0.25, -0.2) is 0 Å². The van der Waals surface area contributed by atoms with Crippen molar-refractivity contribution in [1.82, 2.24) is 15.5 Å². The molecule has 2 N–H and O–H groups in total. The SMILES string of the molecule is CC(Nc1ccc(Cl)nn1)C(=O)NC1CC1. The molecule has 0 aromatic carbocycles. The van der Waals surface area contributed by atoms with Gasteiger partial charge in [0.15, 0.2) is 5.15 Å². The second-order valence-corrected chi connectivity index (χ2v) is 4.28. The highest BCUT2D eigenvalue weighted by atomic mass is 35.5. The first-order chi connectivity index (χ1) is 7.65. The Morgan fingerprint density at radius 2 is 2.25 bits per heavy atom. The van der Waals surface area contributed by atoms with E-state index < -0.39 is 0 Å². The standard InChI is InChI=1S/C10H13ClN4O/c1-6(10(16)13-7-2-3-7)12-9-5-4-8(11)14-15-9/h4-7H,2-3H2,1H3,(H,12,15)(H,13,16). The van der Waals surface area contributed by atoms with Gasteiger partial charge in [0, 0.05) is 6.04 Å². The summed E-state index contributed by atoms with van der Waals surface area (Å²) in [5.74, 6) is 0.530. The fourth-order valence-electron chi connectivity index (χ4n) is 1.23. The van der Waals surface area contributed by atoms with Crippen molar-refractivity contribution < 1.29 is 4.79 Å². The van der Waals surface area contributed by atoms with Crippen LogP contribution in [0.3, 0.4) is 0 Å². The highest BCUT2D eigenvalue weighted by Crippen LogP contribution is 2.18. The molecule has 1 saturated carbocycles. The summed E-state index contributed by atoms with van der Waals surface area (Å²) in [7, 11) is 0. The maximum Gasteiger partial charge on any atom is 0.242 e. The van der Waals surface area contributed by atoms with Gasteiger partial charge in [-0.2, -0.15) is 0 Å². The number of nitrogens with one attached hydrogen (secondary N) is 2. The minimum Gasteiger partial charge on any atom is -0.357 e. The van der Waals surface area contributed by atoms with Crippen molar-refractivity contribution in [2.45, 2.75) is 31.8 Å². The Labute approximate surface area is 98.6 Å². The van der Waals surface area contributed by atoms with E-state index in [4.69, 9.17) is 11.6 Å². The van der Waals surface area contributed by atoms with Crippen LogP contribution >= 0.6 is 11.6 Å². The Morgan fingerprint density at radius 1 is 1.50 bits per heavy atom. The van der Waals surface area contributed by atoms with Crippen LogP contribution in [0, 0.1) is 0 Å². The fraction of sp³-hybridized carbons (Fsp3) is 0.500. The lowest BCUT2D eigenvalue weighted by Gasteiger charge is -2.13. The number of aromatic nitrogens is 2. The Bertz CT molecular complexity index is 377. The summed E-state index contributed by atoms with van der Waals surface area (Å²) in [6.07, 6.45) is 2.17. The van der Waals surface area contributed by atoms with Crippen LogP contribution in [-0.4, -0.2) is 28.2 Å². The Hall–Kier alpha value is -1.36. The van der Waals surface area contributed by atoms with Gasteiger partial charge in [0.1, 0.15) is 11.9 Å². The zero-order valence-electron chi connectivity index (χ0n) is 8.90. The van der Waals surface area contributed by atoms with Gasteiger partial charge in [-0.15, -0.1) is 10.2 Å². The number of hydrogen-bond acceptors (Lipinski definition) is 4. The molecule has 1 aliphatic carbocycles. The summed E-state index contributed by atoms with van der Waals surface area (Å²) in [6.45, 7) is 1.79. The van der Waals surface area contributed by atoms with Crippen molar-refractivity contribution in [2.24, 2.45) is 0 Å². The third-order valence-electron chi connectivity index (χ3n) is 2.31. The molecule has 6 heteroatoms. The first-order valence-corrected chi connectivity index (χ1v) is 5.59. The van der Waals surface area contributed by atoms with Crippen molar-refractivity contribution in [2.75, 3.05) is 5.32 Å². The van der Waals surface area contributed by atoms with Gasteiger partial charge < -0.3 is 10.6 Å². The van der Waals surface area contributed by atoms with Crippen LogP contribution < -0.4 is 10.6 Å². The number of carbonyl (C=O) groups excluding carboxylic acids is 1. The lowest BCUT2D eigenvalue weighted by atomic mass is 10.3. The lowest BCUT2D eigenvalue weighted by Crippen LogP contribution is -2.38. The number of hydrogen-bond donors (Lipinski definition) is 2. The van der Waals surface area contributed by atoms with Crippen molar-refractivity contribution >= 4 is 23.3 Å². The molecule has 1 unspecified atom stereocenters. The summed E-state index contributed by atoms with van der Waals surface area (Å²) in [4.78, 5) is 11.6. The highest BCUT2D eigenvalue weighted by Gasteiger charge is 2.25. The Morgan fingerprint density at radius 3 is 2.81 bits per heavy atom. The first kappa shape index (κ1) is 11.1. The Balaban J connectivity index is 1.87. The van der Waals surface area contributed by atoms with Crippen LogP contribution in [0.5, 0.6) is 0 Å². The number of halogens is 1. The number of amides is 1. The van der Waals surface area contributed by atoms with E-state index in [2.05, 4.69) is 20.8 Å². The van der Waals surface area contributed by atoms with Gasteiger partial charge in [-0.05, 0) is 31.9 Å². The second kappa shape index (κ2) is 4.65. The van der Waals surface area contributed by atoms with Gasteiger partial charge in [-0.1, -0.05) is 11.6 Å². The van der Waals surface area contributed by atoms with Crippen LogP contribution in [0.4, 0.5) is 5.82 Å². The molecule has 0 bridgehead atoms. The average molecular weight is 241 g/mol. The number of anilines is 1. The van der Waals surface area contributed by atoms with Crippen LogP contribution in [0.1, 0.15) is 19.8 Å². The maximum atomic E-state index is 11.6. The summed E-state index contributed by atoms with van der Waals surface area (Å²) in [5.41, 5.74) is 0. The van der Waals surface area contributed by atoms with Crippen molar-refractivity contribution in [1.29, 1.82) is 0 Å². The third kappa shape index (κ3) is 3.06. The van der Waals surface area contributed by atoms with E-state index >= 15 is 0 Å². The molecule has 1 aromatic rings. The van der Waals surface area contributed by atoms with E-state index in [9.17, 15) is 4.79 Å². The van der Waals surface area contributed by atoms with Crippen molar-refractivity contribution in [3.05, 3.63) is 17.3 Å². The van der Waals surface area contributed by atoms with Gasteiger partial charge in [0.25, 0.3) is 0 Å². The molecule has 2 rings (SSSR count). The molecule has 1 aromatic heterocycles. The van der Waals surface area contributed by atoms with E-state index in [0.717, 1.165) is 12.8 Å². The van der Waals surface area contributed by atoms with Crippen LogP contribution in [0.25, 0.3) is 0 Å². The molecule has 0 radical (unpaired) electrons. The van der Waals surface area contributed by atoms with E-state index in [1.165, 1.54) is 0 Å². The average Bonchev–Trinajstić information content (AvgIpc) is 3.05. The molecule has 1 atom stereocenters. The zero-order chi connectivity index (χ0) is 11.5. The van der Waals surface area contributed by atoms with Gasteiger partial charge >= 0.3 is 0 Å². The summed E-state index contributed by atoms with van der Waals surface area (Å²) < 4.78 is 0. The fourth-order valence-corrected chi connectivity index (χ4v) is 1.33. The molecule has 1 fully saturated rings. The molecule has 0 aliphatic heterocycles. The first-order valence-electron chi connectivity index (χ1n) is 5.21. The highest BCUT2D eigenvalue weighted by molar-refractivity contribution is 6.29. The number of nitrogens with zero attached hydrogens (tertiary/aromatic N) is 2. The second-order valence-electron chi connectivity index (χ2n) is 3.89. The Kier molecular flexibility index (Phi) is 3.24. The minimum atomic E-state index is -0.323. The summed E-state index contributed by atoms with van der Waals surface area (Å²) in [6, 6.07) is 3.36. The van der Waals surface area contributed by atoms with E-state index in [1.807, 2.05) is 0 Å². The molecule has 1 amide bonds. The molecule has 5 nitrogen and oxygen atoms in total. The monoisotopic (exact) mass is 240 g/mol. The molecular formula is C10H13ClN4O. The van der Waals surface area contributed by atoms with Crippen LogP contribution in [0.15, 0.2) is 12.1 Å². The van der Waals surface area contributed by atoms with Crippen molar-refractivity contribution in [3.63, 3.8) is 0 Å². The van der Waals surface area contributed by atoms with E-state index in [0.29, 0.717) is 17.0 Å². The van der Waals surface area contributed by atoms with Gasteiger partial charge in [-0.3, -0.25) is 4.79 Å². The zero-order valence-corrected chi connectivity index (χ0v) is 9.66. The largest absolute Gasteiger partial charge is 0.357 e. The molecule has 86 valence electrons. The van der Waals surface area contributed by atoms with E-state index in [1.54, 1.807) is 19.1 Å². The molecule has 0 spiro atoms. The molecule has 16 heavy (non-hydrogen) atoms. The lowest BCUT2D eigenvalue weighted by molar-refractivity contribution is -0.121. The van der Waals surface area contributed by atoms with Gasteiger partial charge in [0.2, 0.25) is 5.91 Å². The van der Waals surface area contributed by atoms with Crippen molar-refractivity contribution in [3.8, 4) is 0 Å². The number of carbonyl (C=O) groups is 1. The molecular weight excluding hydrogens is 228 g/mol. The normalized spacial score (nSPS) is 16.6. The predicted octanol–water partition coefficient (Wildman–Crippen LogP) is 1.21. The van der Waals surface area contributed by atoms with Crippen LogP contribution in [-0.2, 0) is 4.79 Å². The smallest absolute Gasteiger partial charge is 0.242 e. The summed E-state index contributed by atoms with van der Waals surface area (Å²) >= 11 is 5.61. The summed E-state index contributed by atoms with van der Waals surface area (Å²) in [5, 5.41) is 13.7. The molecule has 1 aliphatic rings. The quantitative estimate of drug-likeness (QED) is 0.830. The number of rotatable bonds is 4. The van der Waals surface area contributed by atoms with Crippen LogP contribution in [0.2, 0.25) is 5.15 Å². The topological polar surface area (TPSA) is 66.9 Å². The minimum absolute atomic E-state index is 0.0146. The third-order valence-corrected chi connectivity index (χ3v) is 2.51. The van der Waals surface area contributed by atoms with Gasteiger partial charge in [0.05, 0.1) is 0 Å². The molecule has 1 heterocycles. The molecule has 0 saturated heterocycles. The van der Waals surface area contributed by atoms with E-state index in [-0.39, 0.29) is 11.9 Å². The maximum absolute atomic E-state index is 11.6.